The molecule has 0 atom stereocenters. The van der Waals surface area contributed by atoms with Gasteiger partial charge in [0.1, 0.15) is 30.4 Å². The van der Waals surface area contributed by atoms with Crippen LogP contribution >= 0.6 is 0 Å². The fourth-order valence-electron chi connectivity index (χ4n) is 8.00. The monoisotopic (exact) mass is 869 g/mol. The number of hydrogen-bond donors (Lipinski definition) is 2. The summed E-state index contributed by atoms with van der Waals surface area (Å²) in [6.45, 7) is 13.4. The number of ether oxygens (including phenoxy) is 4. The first kappa shape index (κ1) is 45.7. The molecule has 2 aromatic carbocycles. The van der Waals surface area contributed by atoms with E-state index < -0.39 is 5.91 Å². The lowest BCUT2D eigenvalue weighted by atomic mass is 9.79. The fraction of sp³-hybridized carbons (Fsp3) is 0.392. The molecule has 3 aromatic rings. The molecule has 10 rings (SSSR count). The summed E-state index contributed by atoms with van der Waals surface area (Å²) in [5.41, 5.74) is 5.24. The number of rotatable bonds is 0. The van der Waals surface area contributed by atoms with Crippen molar-refractivity contribution in [3.8, 4) is 11.5 Å². The predicted octanol–water partition coefficient (Wildman–Crippen LogP) is 5.53. The molecular formula is C51H55N3O10. The second-order valence-electron chi connectivity index (χ2n) is 18.5. The maximum atomic E-state index is 14.6. The second kappa shape index (κ2) is 19.2. The van der Waals surface area contributed by atoms with Gasteiger partial charge in [-0.05, 0) is 80.6 Å². The van der Waals surface area contributed by atoms with Gasteiger partial charge in [-0.1, -0.05) is 65.8 Å². The first-order chi connectivity index (χ1) is 30.4. The molecule has 0 fully saturated rings. The highest BCUT2D eigenvalue weighted by Crippen LogP contribution is 2.39. The van der Waals surface area contributed by atoms with Crippen molar-refractivity contribution in [2.45, 2.75) is 78.1 Å². The number of nitrogens with zero attached hydrogens (tertiary/aromatic N) is 1. The molecule has 13 nitrogen and oxygen atoms in total. The molecule has 13 heteroatoms. The topological polar surface area (TPSA) is 176 Å². The van der Waals surface area contributed by atoms with E-state index in [0.717, 1.165) is 11.1 Å². The number of nitrogens with one attached hydrogen (secondary N) is 2. The van der Waals surface area contributed by atoms with Crippen LogP contribution in [0.25, 0.3) is 0 Å². The van der Waals surface area contributed by atoms with Gasteiger partial charge in [0.25, 0.3) is 11.8 Å². The Morgan fingerprint density at radius 3 is 1.25 bits per heavy atom. The zero-order valence-corrected chi connectivity index (χ0v) is 37.4. The minimum absolute atomic E-state index is 0.0571. The van der Waals surface area contributed by atoms with Crippen LogP contribution in [0.3, 0.4) is 0 Å². The number of hydrogen-bond acceptors (Lipinski definition) is 11. The van der Waals surface area contributed by atoms with E-state index in [1.54, 1.807) is 0 Å². The van der Waals surface area contributed by atoms with Gasteiger partial charge in [0.05, 0.1) is 32.0 Å². The van der Waals surface area contributed by atoms with Gasteiger partial charge in [0.15, 0.2) is 23.1 Å². The Morgan fingerprint density at radius 2 is 0.891 bits per heavy atom. The summed E-state index contributed by atoms with van der Waals surface area (Å²) in [5.74, 6) is -1.13. The average Bonchev–Trinajstić information content (AvgIpc) is 3.23. The van der Waals surface area contributed by atoms with Gasteiger partial charge < -0.3 is 29.6 Å². The van der Waals surface area contributed by atoms with Crippen molar-refractivity contribution in [3.63, 3.8) is 0 Å². The lowest BCUT2D eigenvalue weighted by molar-refractivity contribution is -0.115. The Morgan fingerprint density at radius 1 is 0.500 bits per heavy atom. The molecule has 5 heterocycles. The number of carbonyl (C=O) groups excluding carboxylic acids is 6. The first-order valence-corrected chi connectivity index (χ1v) is 21.7. The molecule has 4 aliphatic heterocycles. The van der Waals surface area contributed by atoms with Crippen LogP contribution in [0.2, 0.25) is 0 Å². The zero-order valence-electron chi connectivity index (χ0n) is 37.4. The van der Waals surface area contributed by atoms with Crippen LogP contribution in [-0.2, 0) is 65.2 Å². The highest BCUT2D eigenvalue weighted by molar-refractivity contribution is 6.21. The van der Waals surface area contributed by atoms with E-state index in [0.29, 0.717) is 56.0 Å². The number of ketones is 4. The van der Waals surface area contributed by atoms with E-state index in [4.69, 9.17) is 18.9 Å². The SMILES string of the molecule is CC(C)(C)c1cc2c3c(c1)CC1=CC(=O)C=C(Cc4cc(C(C)(C)C)cc(c4OCCOCCNC(=O)c4ccc(cn4)C(=O)NCCOCCO3)CC3=CC(=O)C=C(C2)C3=O)C1=O. The molecule has 64 heavy (non-hydrogen) atoms. The highest BCUT2D eigenvalue weighted by Gasteiger charge is 2.31. The minimum atomic E-state index is -0.431. The summed E-state index contributed by atoms with van der Waals surface area (Å²) in [4.78, 5) is 86.1. The maximum Gasteiger partial charge on any atom is 0.269 e. The Hall–Kier alpha value is -6.31. The molecule has 1 aromatic heterocycles. The third-order valence-corrected chi connectivity index (χ3v) is 11.4. The Bertz CT molecular complexity index is 2260. The largest absolute Gasteiger partial charge is 0.491 e. The fourth-order valence-corrected chi connectivity index (χ4v) is 8.00. The van der Waals surface area contributed by atoms with Crippen molar-refractivity contribution in [1.82, 2.24) is 15.6 Å². The van der Waals surface area contributed by atoms with E-state index in [1.807, 2.05) is 24.3 Å². The van der Waals surface area contributed by atoms with Crippen LogP contribution in [0.1, 0.15) is 95.8 Å². The Labute approximate surface area is 373 Å². The number of aromatic nitrogens is 1. The van der Waals surface area contributed by atoms with Crippen LogP contribution in [0.5, 0.6) is 11.5 Å². The maximum absolute atomic E-state index is 14.6. The lowest BCUT2D eigenvalue weighted by Crippen LogP contribution is -2.29. The number of benzene rings is 2. The third kappa shape index (κ3) is 10.9. The van der Waals surface area contributed by atoms with Crippen LogP contribution < -0.4 is 20.1 Å². The van der Waals surface area contributed by atoms with Crippen LogP contribution in [-0.4, -0.2) is 92.7 Å². The molecule has 0 saturated heterocycles. The Kier molecular flexibility index (Phi) is 13.7. The number of Topliss-reactive ketones (excluding diaryl/α,β-unsaturated/α-hetero) is 2. The zero-order chi connectivity index (χ0) is 45.8. The second-order valence-corrected chi connectivity index (χ2v) is 18.5. The molecule has 0 radical (unpaired) electrons. The van der Waals surface area contributed by atoms with Gasteiger partial charge in [0, 0.05) is 67.3 Å². The molecule has 12 bridgehead atoms. The quantitative estimate of drug-likeness (QED) is 0.272. The van der Waals surface area contributed by atoms with Crippen LogP contribution in [0, 0.1) is 0 Å². The molecule has 0 unspecified atom stereocenters. The van der Waals surface area contributed by atoms with Crippen molar-refractivity contribution in [3.05, 3.63) is 134 Å². The molecule has 334 valence electrons. The first-order valence-electron chi connectivity index (χ1n) is 21.7. The van der Waals surface area contributed by atoms with Crippen molar-refractivity contribution in [2.24, 2.45) is 0 Å². The van der Waals surface area contributed by atoms with Gasteiger partial charge in [-0.15, -0.1) is 0 Å². The van der Waals surface area contributed by atoms with E-state index in [2.05, 4.69) is 57.2 Å². The number of pyridine rings is 1. The highest BCUT2D eigenvalue weighted by atomic mass is 16.5. The standard InChI is InChI=1S/C51H55N3O10/c1-50(2,3)39-21-35-17-31-25-41(55)27-33(44(31)57)19-37-23-40(51(4,5)6)24-38-20-34-28-42(56)26-32(45(34)58)18-36(22-39)46(35)63-15-13-61-11-9-52-48(59)30-7-8-43(54-29-30)49(60)53-10-12-62-14-16-64-47(37)38/h7-8,21-29H,9-20H2,1-6H3,(H,52,59)(H,53,60). The van der Waals surface area contributed by atoms with E-state index in [-0.39, 0.29) is 130 Å². The predicted molar refractivity (Wildman–Crippen MR) is 239 cm³/mol. The summed E-state index contributed by atoms with van der Waals surface area (Å²) in [7, 11) is 0. The van der Waals surface area contributed by atoms with Gasteiger partial charge in [-0.25, -0.2) is 0 Å². The molecule has 2 amide bonds. The summed E-state index contributed by atoms with van der Waals surface area (Å²) in [6.07, 6.45) is 7.08. The van der Waals surface area contributed by atoms with Gasteiger partial charge in [0.2, 0.25) is 0 Å². The molecule has 7 aliphatic rings. The average molecular weight is 870 g/mol. The van der Waals surface area contributed by atoms with Crippen molar-refractivity contribution in [2.75, 3.05) is 52.7 Å². The number of carbonyl (C=O) groups is 6. The lowest BCUT2D eigenvalue weighted by Gasteiger charge is -2.27. The molecular weight excluding hydrogens is 815 g/mol. The number of amides is 2. The van der Waals surface area contributed by atoms with Crippen LogP contribution in [0.15, 0.2) is 89.2 Å². The Balaban J connectivity index is 1.33. The minimum Gasteiger partial charge on any atom is -0.491 e. The van der Waals surface area contributed by atoms with Gasteiger partial charge in [-0.3, -0.25) is 33.8 Å². The van der Waals surface area contributed by atoms with E-state index in [1.165, 1.54) is 42.6 Å². The van der Waals surface area contributed by atoms with E-state index >= 15 is 0 Å². The summed E-state index contributed by atoms with van der Waals surface area (Å²) < 4.78 is 24.7. The smallest absolute Gasteiger partial charge is 0.269 e. The molecule has 2 N–H and O–H groups in total. The third-order valence-electron chi connectivity index (χ3n) is 11.4. The van der Waals surface area contributed by atoms with E-state index in [9.17, 15) is 28.8 Å². The van der Waals surface area contributed by atoms with Crippen molar-refractivity contribution >= 4 is 34.9 Å². The van der Waals surface area contributed by atoms with Crippen LogP contribution in [0.4, 0.5) is 0 Å². The van der Waals surface area contributed by atoms with Crippen molar-refractivity contribution in [1.29, 1.82) is 0 Å². The summed E-state index contributed by atoms with van der Waals surface area (Å²) in [6, 6.07) is 10.9. The normalized spacial score (nSPS) is 18.7. The van der Waals surface area contributed by atoms with Crippen molar-refractivity contribution < 1.29 is 47.7 Å². The summed E-state index contributed by atoms with van der Waals surface area (Å²) in [5, 5.41) is 5.54. The molecule has 0 saturated carbocycles. The molecule has 3 aliphatic carbocycles. The molecule has 0 spiro atoms. The van der Waals surface area contributed by atoms with Gasteiger partial charge in [-0.2, -0.15) is 0 Å². The number of allylic oxidation sites excluding steroid dienone is 8. The summed E-state index contributed by atoms with van der Waals surface area (Å²) >= 11 is 0. The van der Waals surface area contributed by atoms with Gasteiger partial charge >= 0.3 is 0 Å².